The van der Waals surface area contributed by atoms with Crippen LogP contribution in [0.3, 0.4) is 0 Å². The molecule has 0 saturated carbocycles. The zero-order valence-electron chi connectivity index (χ0n) is 15.4. The summed E-state index contributed by atoms with van der Waals surface area (Å²) in [5.41, 5.74) is 0. The molecule has 146 valence electrons. The minimum Gasteiger partial charge on any atom is -0.379 e. The molecule has 3 heterocycles. The van der Waals surface area contributed by atoms with Crippen LogP contribution >= 0.6 is 11.3 Å². The van der Waals surface area contributed by atoms with Crippen LogP contribution < -0.4 is 10.6 Å². The molecule has 7 nitrogen and oxygen atoms in total. The number of morpholine rings is 1. The first kappa shape index (κ1) is 19.6. The fourth-order valence-electron chi connectivity index (χ4n) is 3.42. The van der Waals surface area contributed by atoms with Gasteiger partial charge < -0.3 is 15.4 Å². The van der Waals surface area contributed by atoms with E-state index in [1.165, 1.54) is 9.75 Å². The van der Waals surface area contributed by atoms with E-state index in [-0.39, 0.29) is 23.6 Å². The highest BCUT2D eigenvalue weighted by Crippen LogP contribution is 2.27. The Hall–Kier alpha value is -1.16. The van der Waals surface area contributed by atoms with Gasteiger partial charge in [0.25, 0.3) is 0 Å². The van der Waals surface area contributed by atoms with Crippen LogP contribution in [-0.2, 0) is 14.6 Å². The summed E-state index contributed by atoms with van der Waals surface area (Å²) in [6.45, 7) is 6.19. The quantitative estimate of drug-likeness (QED) is 0.562. The van der Waals surface area contributed by atoms with Gasteiger partial charge in [0.15, 0.2) is 15.8 Å². The summed E-state index contributed by atoms with van der Waals surface area (Å²) < 4.78 is 28.8. The Morgan fingerprint density at radius 2 is 2.19 bits per heavy atom. The van der Waals surface area contributed by atoms with Crippen LogP contribution in [-0.4, -0.2) is 76.7 Å². The van der Waals surface area contributed by atoms with Crippen molar-refractivity contribution in [3.05, 3.63) is 21.9 Å². The van der Waals surface area contributed by atoms with E-state index in [0.717, 1.165) is 32.8 Å². The number of guanidine groups is 1. The van der Waals surface area contributed by atoms with Crippen LogP contribution in [0.4, 0.5) is 0 Å². The molecule has 3 rings (SSSR count). The SMILES string of the molecule is CN=C(NCC(c1ccc(C)s1)N1CCOCC1)NC1CCS(=O)(=O)C1. The second-order valence-corrected chi connectivity index (χ2v) is 10.4. The Bertz CT molecular complexity index is 726. The number of ether oxygens (including phenoxy) is 1. The third kappa shape index (κ3) is 5.18. The molecule has 2 aliphatic heterocycles. The van der Waals surface area contributed by atoms with Crippen LogP contribution in [0, 0.1) is 6.92 Å². The second kappa shape index (κ2) is 8.69. The molecule has 26 heavy (non-hydrogen) atoms. The van der Waals surface area contributed by atoms with E-state index >= 15 is 0 Å². The fraction of sp³-hybridized carbons (Fsp3) is 0.706. The molecule has 2 N–H and O–H groups in total. The van der Waals surface area contributed by atoms with Crippen molar-refractivity contribution in [2.45, 2.75) is 25.4 Å². The molecule has 1 aromatic heterocycles. The molecule has 2 unspecified atom stereocenters. The van der Waals surface area contributed by atoms with E-state index in [2.05, 4.69) is 39.6 Å². The highest BCUT2D eigenvalue weighted by Gasteiger charge is 2.29. The van der Waals surface area contributed by atoms with Crippen LogP contribution in [0.25, 0.3) is 0 Å². The Morgan fingerprint density at radius 1 is 1.42 bits per heavy atom. The van der Waals surface area contributed by atoms with Crippen molar-refractivity contribution in [3.8, 4) is 0 Å². The van der Waals surface area contributed by atoms with E-state index in [9.17, 15) is 8.42 Å². The lowest BCUT2D eigenvalue weighted by Crippen LogP contribution is -2.48. The number of thiophene rings is 1. The van der Waals surface area contributed by atoms with E-state index < -0.39 is 9.84 Å². The molecule has 2 atom stereocenters. The van der Waals surface area contributed by atoms with Gasteiger partial charge in [0.1, 0.15) is 0 Å². The number of nitrogens with zero attached hydrogens (tertiary/aromatic N) is 2. The first-order valence-electron chi connectivity index (χ1n) is 9.02. The summed E-state index contributed by atoms with van der Waals surface area (Å²) in [4.78, 5) is 9.35. The average molecular weight is 401 g/mol. The topological polar surface area (TPSA) is 83.0 Å². The van der Waals surface area contributed by atoms with Gasteiger partial charge >= 0.3 is 0 Å². The van der Waals surface area contributed by atoms with Gasteiger partial charge in [0, 0.05) is 42.5 Å². The maximum absolute atomic E-state index is 11.7. The zero-order valence-corrected chi connectivity index (χ0v) is 17.0. The van der Waals surface area contributed by atoms with Gasteiger partial charge in [-0.2, -0.15) is 0 Å². The third-order valence-electron chi connectivity index (χ3n) is 4.84. The normalized spacial score (nSPS) is 25.2. The van der Waals surface area contributed by atoms with Gasteiger partial charge in [-0.3, -0.25) is 9.89 Å². The molecule has 0 bridgehead atoms. The summed E-state index contributed by atoms with van der Waals surface area (Å²) in [6.07, 6.45) is 0.639. The van der Waals surface area contributed by atoms with E-state index in [0.29, 0.717) is 12.4 Å². The predicted octanol–water partition coefficient (Wildman–Crippen LogP) is 0.782. The highest BCUT2D eigenvalue weighted by atomic mass is 32.2. The van der Waals surface area contributed by atoms with E-state index in [4.69, 9.17) is 4.74 Å². The van der Waals surface area contributed by atoms with Crippen LogP contribution in [0.1, 0.15) is 22.2 Å². The van der Waals surface area contributed by atoms with Gasteiger partial charge in [-0.25, -0.2) is 8.42 Å². The Morgan fingerprint density at radius 3 is 2.77 bits per heavy atom. The minimum absolute atomic E-state index is 0.0583. The molecule has 0 aliphatic carbocycles. The Kier molecular flexibility index (Phi) is 6.55. The molecule has 2 aliphatic rings. The first-order chi connectivity index (χ1) is 12.5. The number of sulfone groups is 1. The van der Waals surface area contributed by atoms with Crippen molar-refractivity contribution in [2.24, 2.45) is 4.99 Å². The van der Waals surface area contributed by atoms with E-state index in [1.54, 1.807) is 7.05 Å². The van der Waals surface area contributed by atoms with Gasteiger partial charge in [-0.1, -0.05) is 0 Å². The molecular formula is C17H28N4O3S2. The van der Waals surface area contributed by atoms with Crippen molar-refractivity contribution in [3.63, 3.8) is 0 Å². The zero-order chi connectivity index (χ0) is 18.6. The van der Waals surface area contributed by atoms with Crippen LogP contribution in [0.5, 0.6) is 0 Å². The van der Waals surface area contributed by atoms with Crippen LogP contribution in [0.2, 0.25) is 0 Å². The Labute approximate surface area is 159 Å². The third-order valence-corrected chi connectivity index (χ3v) is 7.71. The van der Waals surface area contributed by atoms with E-state index in [1.807, 2.05) is 11.3 Å². The minimum atomic E-state index is -2.90. The summed E-state index contributed by atoms with van der Waals surface area (Å²) in [7, 11) is -1.18. The van der Waals surface area contributed by atoms with Gasteiger partial charge in [0.05, 0.1) is 30.8 Å². The van der Waals surface area contributed by atoms with Gasteiger partial charge in [-0.05, 0) is 25.5 Å². The molecule has 0 spiro atoms. The number of aryl methyl sites for hydroxylation is 1. The molecular weight excluding hydrogens is 372 g/mol. The number of hydrogen-bond acceptors (Lipinski definition) is 6. The summed E-state index contributed by atoms with van der Waals surface area (Å²) >= 11 is 1.82. The molecule has 2 saturated heterocycles. The average Bonchev–Trinajstić information content (AvgIpc) is 3.20. The summed E-state index contributed by atoms with van der Waals surface area (Å²) in [5.74, 6) is 1.11. The summed E-state index contributed by atoms with van der Waals surface area (Å²) in [6, 6.07) is 4.55. The van der Waals surface area contributed by atoms with Crippen molar-refractivity contribution >= 4 is 27.1 Å². The smallest absolute Gasteiger partial charge is 0.191 e. The number of aliphatic imine (C=N–C) groups is 1. The standard InChI is InChI=1S/C17H28N4O3S2/c1-13-3-4-16(25-13)15(21-6-8-24-9-7-21)11-19-17(18-2)20-14-5-10-26(22,23)12-14/h3-4,14-15H,5-12H2,1-2H3,(H2,18,19,20). The molecule has 1 aromatic rings. The largest absolute Gasteiger partial charge is 0.379 e. The van der Waals surface area contributed by atoms with Crippen molar-refractivity contribution in [2.75, 3.05) is 51.4 Å². The molecule has 9 heteroatoms. The summed E-state index contributed by atoms with van der Waals surface area (Å²) in [5, 5.41) is 6.65. The van der Waals surface area contributed by atoms with Crippen molar-refractivity contribution in [1.82, 2.24) is 15.5 Å². The van der Waals surface area contributed by atoms with Gasteiger partial charge in [-0.15, -0.1) is 11.3 Å². The monoisotopic (exact) mass is 400 g/mol. The molecule has 2 fully saturated rings. The second-order valence-electron chi connectivity index (χ2n) is 6.81. The van der Waals surface area contributed by atoms with Crippen LogP contribution in [0.15, 0.2) is 17.1 Å². The Balaban J connectivity index is 1.62. The molecule has 0 aromatic carbocycles. The molecule has 0 amide bonds. The first-order valence-corrected chi connectivity index (χ1v) is 11.7. The van der Waals surface area contributed by atoms with Crippen molar-refractivity contribution < 1.29 is 13.2 Å². The fourth-order valence-corrected chi connectivity index (χ4v) is 6.11. The maximum atomic E-state index is 11.7. The van der Waals surface area contributed by atoms with Gasteiger partial charge in [0.2, 0.25) is 0 Å². The lowest BCUT2D eigenvalue weighted by atomic mass is 10.2. The van der Waals surface area contributed by atoms with Crippen molar-refractivity contribution in [1.29, 1.82) is 0 Å². The predicted molar refractivity (Wildman–Crippen MR) is 106 cm³/mol. The lowest BCUT2D eigenvalue weighted by Gasteiger charge is -2.34. The number of hydrogen-bond donors (Lipinski definition) is 2. The molecule has 0 radical (unpaired) electrons. The lowest BCUT2D eigenvalue weighted by molar-refractivity contribution is 0.0177. The highest BCUT2D eigenvalue weighted by molar-refractivity contribution is 7.91. The maximum Gasteiger partial charge on any atom is 0.191 e. The number of rotatable bonds is 5. The number of nitrogens with one attached hydrogen (secondary N) is 2.